The molecule has 0 saturated carbocycles. The van der Waals surface area contributed by atoms with E-state index in [2.05, 4.69) is 25.4 Å². The largest absolute Gasteiger partial charge is 0.488 e. The van der Waals surface area contributed by atoms with E-state index in [1.54, 1.807) is 16.8 Å². The molecule has 2 unspecified atom stereocenters. The van der Waals surface area contributed by atoms with Crippen LogP contribution in [0, 0.1) is 0 Å². The van der Waals surface area contributed by atoms with Crippen molar-refractivity contribution in [2.75, 3.05) is 25.0 Å². The molecular weight excluding hydrogens is 481 g/mol. The molecule has 37 heavy (non-hydrogen) atoms. The summed E-state index contributed by atoms with van der Waals surface area (Å²) in [5.41, 5.74) is 1.17. The fraction of sp³-hybridized carbons (Fsp3) is 0.444. The highest BCUT2D eigenvalue weighted by atomic mass is 19.4. The van der Waals surface area contributed by atoms with Crippen LogP contribution in [0.2, 0.25) is 0 Å². The molecule has 6 rings (SSSR count). The zero-order chi connectivity index (χ0) is 25.4. The van der Waals surface area contributed by atoms with E-state index < -0.39 is 11.7 Å². The summed E-state index contributed by atoms with van der Waals surface area (Å²) < 4.78 is 48.3. The van der Waals surface area contributed by atoms with Crippen LogP contribution in [0.25, 0.3) is 17.0 Å². The first-order valence-corrected chi connectivity index (χ1v) is 12.9. The summed E-state index contributed by atoms with van der Waals surface area (Å²) in [4.78, 5) is 7.04. The lowest BCUT2D eigenvalue weighted by Crippen LogP contribution is -2.42. The van der Waals surface area contributed by atoms with Gasteiger partial charge < -0.3 is 10.1 Å². The number of rotatable bonds is 6. The molecule has 1 aliphatic carbocycles. The van der Waals surface area contributed by atoms with E-state index in [9.17, 15) is 13.2 Å². The topological polar surface area (TPSA) is 67.6 Å². The standard InChI is InChI=1S/C27H29F3N6O/c28-27(29,30)19-9-10-20(23(16-19)37-17-18-6-2-1-3-7-18)25-34-33-24(26-31-12-15-36(25)26)32-21-11-14-35-13-5-4-8-22(21)35/h2,6-7,9-10,12,15-16,21-22H,1,3-5,8,11,13-14,17H2,(H,32,33). The Hall–Kier alpha value is -3.40. The Balaban J connectivity index is 1.33. The van der Waals surface area contributed by atoms with E-state index >= 15 is 0 Å². The van der Waals surface area contributed by atoms with E-state index in [1.807, 2.05) is 18.2 Å². The summed E-state index contributed by atoms with van der Waals surface area (Å²) in [5, 5.41) is 12.5. The predicted molar refractivity (Wildman–Crippen MR) is 134 cm³/mol. The van der Waals surface area contributed by atoms with Gasteiger partial charge in [0.1, 0.15) is 12.4 Å². The molecular formula is C27H29F3N6O. The second kappa shape index (κ2) is 9.81. The molecule has 2 aromatic heterocycles. The molecule has 0 bridgehead atoms. The second-order valence-electron chi connectivity index (χ2n) is 9.89. The fourth-order valence-electron chi connectivity index (χ4n) is 5.65. The van der Waals surface area contributed by atoms with Crippen molar-refractivity contribution in [1.82, 2.24) is 24.5 Å². The number of benzene rings is 1. The molecule has 10 heteroatoms. The highest BCUT2D eigenvalue weighted by Gasteiger charge is 2.36. The number of allylic oxidation sites excluding steroid dienone is 2. The molecule has 2 aliphatic heterocycles. The van der Waals surface area contributed by atoms with Gasteiger partial charge in [-0.25, -0.2) is 4.98 Å². The van der Waals surface area contributed by atoms with Crippen molar-refractivity contribution in [2.24, 2.45) is 0 Å². The van der Waals surface area contributed by atoms with Crippen molar-refractivity contribution in [3.05, 3.63) is 60.0 Å². The lowest BCUT2D eigenvalue weighted by Gasteiger charge is -2.32. The molecule has 7 nitrogen and oxygen atoms in total. The minimum atomic E-state index is -4.49. The monoisotopic (exact) mass is 510 g/mol. The number of halogens is 3. The molecule has 1 N–H and O–H groups in total. The van der Waals surface area contributed by atoms with Crippen molar-refractivity contribution in [1.29, 1.82) is 0 Å². The van der Waals surface area contributed by atoms with E-state index in [-0.39, 0.29) is 18.4 Å². The number of fused-ring (bicyclic) bond motifs is 2. The van der Waals surface area contributed by atoms with Crippen molar-refractivity contribution >= 4 is 11.5 Å². The lowest BCUT2D eigenvalue weighted by atomic mass is 9.99. The molecule has 3 aliphatic rings. The number of aromatic nitrogens is 4. The van der Waals surface area contributed by atoms with Crippen LogP contribution in [0.4, 0.5) is 19.0 Å². The Bertz CT molecular complexity index is 1350. The molecule has 3 aromatic rings. The third kappa shape index (κ3) is 4.82. The highest BCUT2D eigenvalue weighted by Crippen LogP contribution is 2.37. The van der Waals surface area contributed by atoms with Gasteiger partial charge in [0, 0.05) is 31.0 Å². The number of imidazole rings is 1. The molecule has 2 saturated heterocycles. The van der Waals surface area contributed by atoms with Gasteiger partial charge in [-0.15, -0.1) is 10.2 Å². The molecule has 2 fully saturated rings. The van der Waals surface area contributed by atoms with Gasteiger partial charge in [-0.1, -0.05) is 24.6 Å². The smallest absolute Gasteiger partial charge is 0.416 e. The van der Waals surface area contributed by atoms with Crippen molar-refractivity contribution in [3.8, 4) is 17.1 Å². The fourth-order valence-corrected chi connectivity index (χ4v) is 5.65. The third-order valence-electron chi connectivity index (χ3n) is 7.52. The summed E-state index contributed by atoms with van der Waals surface area (Å²) in [5.74, 6) is 1.06. The Morgan fingerprint density at radius 1 is 1.08 bits per heavy atom. The van der Waals surface area contributed by atoms with Crippen molar-refractivity contribution in [2.45, 2.75) is 56.8 Å². The maximum atomic E-state index is 13.5. The van der Waals surface area contributed by atoms with Crippen LogP contribution in [0.15, 0.2) is 54.4 Å². The Morgan fingerprint density at radius 3 is 2.84 bits per heavy atom. The van der Waals surface area contributed by atoms with Crippen molar-refractivity contribution < 1.29 is 17.9 Å². The number of anilines is 1. The number of nitrogens with one attached hydrogen (secondary N) is 1. The molecule has 0 radical (unpaired) electrons. The first kappa shape index (κ1) is 24.0. The van der Waals surface area contributed by atoms with Crippen LogP contribution in [0.5, 0.6) is 5.75 Å². The van der Waals surface area contributed by atoms with Crippen LogP contribution in [-0.4, -0.2) is 56.3 Å². The Labute approximate surface area is 213 Å². The third-order valence-corrected chi connectivity index (χ3v) is 7.52. The van der Waals surface area contributed by atoms with E-state index in [4.69, 9.17) is 4.74 Å². The number of hydrogen-bond donors (Lipinski definition) is 1. The zero-order valence-electron chi connectivity index (χ0n) is 20.4. The van der Waals surface area contributed by atoms with Crippen LogP contribution < -0.4 is 10.1 Å². The number of piperidine rings is 1. The van der Waals surface area contributed by atoms with Gasteiger partial charge in [-0.05, 0) is 62.4 Å². The van der Waals surface area contributed by atoms with Gasteiger partial charge in [0.05, 0.1) is 11.1 Å². The zero-order valence-corrected chi connectivity index (χ0v) is 20.4. The van der Waals surface area contributed by atoms with Crippen LogP contribution in [-0.2, 0) is 6.18 Å². The molecule has 0 amide bonds. The number of nitrogens with zero attached hydrogens (tertiary/aromatic N) is 5. The summed E-state index contributed by atoms with van der Waals surface area (Å²) in [6.45, 7) is 2.37. The van der Waals surface area contributed by atoms with Gasteiger partial charge in [0.15, 0.2) is 17.3 Å². The van der Waals surface area contributed by atoms with Crippen LogP contribution >= 0.6 is 0 Å². The normalized spacial score (nSPS) is 22.2. The highest BCUT2D eigenvalue weighted by molar-refractivity contribution is 5.71. The first-order chi connectivity index (χ1) is 18.0. The Morgan fingerprint density at radius 2 is 2.00 bits per heavy atom. The van der Waals surface area contributed by atoms with E-state index in [0.717, 1.165) is 56.5 Å². The van der Waals surface area contributed by atoms with Crippen molar-refractivity contribution in [3.63, 3.8) is 0 Å². The number of hydrogen-bond acceptors (Lipinski definition) is 6. The minimum Gasteiger partial charge on any atom is -0.488 e. The minimum absolute atomic E-state index is 0.105. The van der Waals surface area contributed by atoms with Gasteiger partial charge in [0.2, 0.25) is 0 Å². The summed E-state index contributed by atoms with van der Waals surface area (Å²) in [6, 6.07) is 4.23. The number of ether oxygens (including phenoxy) is 1. The van der Waals surface area contributed by atoms with Gasteiger partial charge in [0.25, 0.3) is 0 Å². The molecule has 2 atom stereocenters. The molecule has 1 aromatic carbocycles. The SMILES string of the molecule is FC(F)(F)c1ccc(-c2nnc(NC3CCN4CCCCC34)c3nccn23)c(OCC2=CCCC=C2)c1. The van der Waals surface area contributed by atoms with Gasteiger partial charge in [-0.2, -0.15) is 13.2 Å². The van der Waals surface area contributed by atoms with Gasteiger partial charge in [-0.3, -0.25) is 9.30 Å². The quantitative estimate of drug-likeness (QED) is 0.472. The molecule has 0 spiro atoms. The first-order valence-electron chi connectivity index (χ1n) is 12.9. The second-order valence-corrected chi connectivity index (χ2v) is 9.89. The Kier molecular flexibility index (Phi) is 6.36. The predicted octanol–water partition coefficient (Wildman–Crippen LogP) is 5.50. The average Bonchev–Trinajstić information content (AvgIpc) is 3.56. The summed E-state index contributed by atoms with van der Waals surface area (Å²) in [7, 11) is 0. The van der Waals surface area contributed by atoms with Gasteiger partial charge >= 0.3 is 6.18 Å². The summed E-state index contributed by atoms with van der Waals surface area (Å²) >= 11 is 0. The van der Waals surface area contributed by atoms with Crippen LogP contribution in [0.3, 0.4) is 0 Å². The van der Waals surface area contributed by atoms with E-state index in [1.165, 1.54) is 18.9 Å². The number of alkyl halides is 3. The molecule has 4 heterocycles. The molecule has 194 valence electrons. The summed E-state index contributed by atoms with van der Waals surface area (Å²) in [6.07, 6.45) is 11.4. The maximum Gasteiger partial charge on any atom is 0.416 e. The van der Waals surface area contributed by atoms with Crippen LogP contribution in [0.1, 0.15) is 44.1 Å². The van der Waals surface area contributed by atoms with E-state index in [0.29, 0.717) is 28.9 Å². The lowest BCUT2D eigenvalue weighted by molar-refractivity contribution is -0.137. The average molecular weight is 511 g/mol. The maximum absolute atomic E-state index is 13.5.